The van der Waals surface area contributed by atoms with E-state index >= 15 is 0 Å². The number of thiophene rings is 1. The molecule has 0 aliphatic carbocycles. The van der Waals surface area contributed by atoms with Crippen LogP contribution in [0.3, 0.4) is 0 Å². The zero-order valence-electron chi connectivity index (χ0n) is 17.8. The van der Waals surface area contributed by atoms with Gasteiger partial charge in [-0.25, -0.2) is 4.98 Å². The highest BCUT2D eigenvalue weighted by atomic mass is 32.1. The van der Waals surface area contributed by atoms with E-state index in [1.165, 1.54) is 24.1 Å². The molecule has 2 aromatic heterocycles. The molecule has 0 aromatic carbocycles. The van der Waals surface area contributed by atoms with E-state index in [9.17, 15) is 10.1 Å². The topological polar surface area (TPSA) is 86.2 Å². The zero-order chi connectivity index (χ0) is 21.3. The summed E-state index contributed by atoms with van der Waals surface area (Å²) in [7, 11) is 0. The summed E-state index contributed by atoms with van der Waals surface area (Å²) in [5.41, 5.74) is 9.37. The van der Waals surface area contributed by atoms with Crippen molar-refractivity contribution in [3.05, 3.63) is 33.8 Å². The second-order valence-corrected chi connectivity index (χ2v) is 9.72. The van der Waals surface area contributed by atoms with E-state index in [0.29, 0.717) is 30.9 Å². The average Bonchev–Trinajstić information content (AvgIpc) is 3.20. The lowest BCUT2D eigenvalue weighted by atomic mass is 9.94. The van der Waals surface area contributed by atoms with E-state index in [4.69, 9.17) is 5.73 Å². The van der Waals surface area contributed by atoms with Crippen LogP contribution in [0.1, 0.15) is 54.8 Å². The molecule has 4 heterocycles. The van der Waals surface area contributed by atoms with E-state index in [0.717, 1.165) is 41.3 Å². The number of piperidine rings is 1. The van der Waals surface area contributed by atoms with Crippen LogP contribution in [0.5, 0.6) is 0 Å². The third kappa shape index (κ3) is 4.07. The van der Waals surface area contributed by atoms with E-state index in [1.807, 2.05) is 18.7 Å². The summed E-state index contributed by atoms with van der Waals surface area (Å²) in [6.45, 7) is 8.24. The maximum absolute atomic E-state index is 12.6. The molecule has 7 heteroatoms. The number of aromatic nitrogens is 1. The molecule has 1 amide bonds. The highest BCUT2D eigenvalue weighted by Crippen LogP contribution is 2.39. The van der Waals surface area contributed by atoms with Gasteiger partial charge in [-0.1, -0.05) is 20.3 Å². The van der Waals surface area contributed by atoms with E-state index < -0.39 is 0 Å². The first kappa shape index (κ1) is 20.8. The SMILES string of the molecule is CC(C)C(=O)N1CCc2nc(N)c(C#N)c(-c3ccc(CN4CCCCC4)s3)c2C1. The van der Waals surface area contributed by atoms with Gasteiger partial charge in [0, 0.05) is 52.9 Å². The van der Waals surface area contributed by atoms with Crippen molar-refractivity contribution in [3.63, 3.8) is 0 Å². The van der Waals surface area contributed by atoms with Crippen molar-refractivity contribution in [1.29, 1.82) is 5.26 Å². The van der Waals surface area contributed by atoms with Crippen molar-refractivity contribution in [3.8, 4) is 16.5 Å². The largest absolute Gasteiger partial charge is 0.383 e. The van der Waals surface area contributed by atoms with Gasteiger partial charge < -0.3 is 10.6 Å². The predicted octanol–water partition coefficient (Wildman–Crippen LogP) is 3.79. The highest BCUT2D eigenvalue weighted by Gasteiger charge is 2.29. The molecule has 0 saturated carbocycles. The lowest BCUT2D eigenvalue weighted by Gasteiger charge is -2.31. The number of fused-ring (bicyclic) bond motifs is 1. The second kappa shape index (κ2) is 8.75. The number of likely N-dealkylation sites (tertiary alicyclic amines) is 1. The molecule has 2 aromatic rings. The number of nitriles is 1. The number of hydrogen-bond acceptors (Lipinski definition) is 6. The van der Waals surface area contributed by atoms with Crippen LogP contribution < -0.4 is 5.73 Å². The highest BCUT2D eigenvalue weighted by molar-refractivity contribution is 7.15. The third-order valence-electron chi connectivity index (χ3n) is 6.03. The third-order valence-corrected chi connectivity index (χ3v) is 7.12. The van der Waals surface area contributed by atoms with Gasteiger partial charge in [0.25, 0.3) is 0 Å². The van der Waals surface area contributed by atoms with Crippen molar-refractivity contribution in [2.45, 2.75) is 52.6 Å². The van der Waals surface area contributed by atoms with Gasteiger partial charge in [0.05, 0.1) is 5.69 Å². The number of anilines is 1. The predicted molar refractivity (Wildman–Crippen MR) is 120 cm³/mol. The Morgan fingerprint density at radius 3 is 2.73 bits per heavy atom. The fourth-order valence-corrected chi connectivity index (χ4v) is 5.58. The van der Waals surface area contributed by atoms with Gasteiger partial charge in [0.2, 0.25) is 5.91 Å². The Bertz CT molecular complexity index is 984. The molecule has 2 N–H and O–H groups in total. The summed E-state index contributed by atoms with van der Waals surface area (Å²) in [5.74, 6) is 0.379. The second-order valence-electron chi connectivity index (χ2n) is 8.55. The van der Waals surface area contributed by atoms with E-state index in [-0.39, 0.29) is 11.8 Å². The smallest absolute Gasteiger partial charge is 0.225 e. The van der Waals surface area contributed by atoms with Gasteiger partial charge in [-0.3, -0.25) is 9.69 Å². The van der Waals surface area contributed by atoms with Crippen molar-refractivity contribution >= 4 is 23.1 Å². The first-order chi connectivity index (χ1) is 14.5. The van der Waals surface area contributed by atoms with Crippen molar-refractivity contribution < 1.29 is 4.79 Å². The van der Waals surface area contributed by atoms with Crippen LogP contribution in [0.4, 0.5) is 5.82 Å². The first-order valence-corrected chi connectivity index (χ1v) is 11.6. The van der Waals surface area contributed by atoms with Crippen LogP contribution in [0.25, 0.3) is 10.4 Å². The number of amides is 1. The lowest BCUT2D eigenvalue weighted by Crippen LogP contribution is -2.39. The summed E-state index contributed by atoms with van der Waals surface area (Å²) >= 11 is 1.73. The molecule has 2 aliphatic heterocycles. The standard InChI is InChI=1S/C23H29N5OS/c1-15(2)23(29)28-11-8-19-18(14-28)21(17(12-24)22(25)26-19)20-7-6-16(30-20)13-27-9-4-3-5-10-27/h6-7,15H,3-5,8-11,13-14H2,1-2H3,(H2,25,26). The molecule has 0 radical (unpaired) electrons. The fraction of sp³-hybridized carbons (Fsp3) is 0.522. The minimum absolute atomic E-state index is 0.0509. The summed E-state index contributed by atoms with van der Waals surface area (Å²) in [5, 5.41) is 9.84. The van der Waals surface area contributed by atoms with Crippen molar-refractivity contribution in [1.82, 2.24) is 14.8 Å². The Morgan fingerprint density at radius 2 is 2.03 bits per heavy atom. The Morgan fingerprint density at radius 1 is 1.27 bits per heavy atom. The summed E-state index contributed by atoms with van der Waals surface area (Å²) in [4.78, 5) is 23.9. The number of pyridine rings is 1. The van der Waals surface area contributed by atoms with Crippen LogP contribution in [0.2, 0.25) is 0 Å². The molecule has 4 rings (SSSR count). The summed E-state index contributed by atoms with van der Waals surface area (Å²) < 4.78 is 0. The van der Waals surface area contributed by atoms with Gasteiger partial charge in [0.15, 0.2) is 0 Å². The van der Waals surface area contributed by atoms with Gasteiger partial charge >= 0.3 is 0 Å². The Kier molecular flexibility index (Phi) is 6.07. The number of hydrogen-bond donors (Lipinski definition) is 1. The van der Waals surface area contributed by atoms with Gasteiger partial charge in [-0.15, -0.1) is 11.3 Å². The minimum atomic E-state index is -0.0509. The number of carbonyl (C=O) groups is 1. The molecule has 2 aliphatic rings. The molecule has 0 atom stereocenters. The molecule has 0 unspecified atom stereocenters. The minimum Gasteiger partial charge on any atom is -0.383 e. The van der Waals surface area contributed by atoms with Crippen molar-refractivity contribution in [2.75, 3.05) is 25.4 Å². The molecule has 6 nitrogen and oxygen atoms in total. The normalized spacial score (nSPS) is 17.1. The number of rotatable bonds is 4. The molecule has 30 heavy (non-hydrogen) atoms. The number of nitrogens with zero attached hydrogens (tertiary/aromatic N) is 4. The van der Waals surface area contributed by atoms with Crippen LogP contribution in [-0.2, 0) is 24.3 Å². The van der Waals surface area contributed by atoms with E-state index in [2.05, 4.69) is 28.1 Å². The van der Waals surface area contributed by atoms with Gasteiger partial charge in [0.1, 0.15) is 17.5 Å². The molecule has 1 fully saturated rings. The monoisotopic (exact) mass is 423 g/mol. The van der Waals surface area contributed by atoms with Crippen molar-refractivity contribution in [2.24, 2.45) is 5.92 Å². The number of carbonyl (C=O) groups excluding carboxylic acids is 1. The number of nitrogen functional groups attached to an aromatic ring is 1. The Balaban J connectivity index is 1.70. The molecule has 1 saturated heterocycles. The number of nitrogens with two attached hydrogens (primary N) is 1. The van der Waals surface area contributed by atoms with Gasteiger partial charge in [-0.2, -0.15) is 5.26 Å². The summed E-state index contributed by atoms with van der Waals surface area (Å²) in [6, 6.07) is 6.54. The van der Waals surface area contributed by atoms with E-state index in [1.54, 1.807) is 11.3 Å². The van der Waals surface area contributed by atoms with Crippen LogP contribution in [0, 0.1) is 17.2 Å². The van der Waals surface area contributed by atoms with Crippen LogP contribution >= 0.6 is 11.3 Å². The molecule has 0 bridgehead atoms. The zero-order valence-corrected chi connectivity index (χ0v) is 18.6. The Labute approximate surface area is 182 Å². The van der Waals surface area contributed by atoms with Gasteiger partial charge in [-0.05, 0) is 38.1 Å². The van der Waals surface area contributed by atoms with Crippen LogP contribution in [0.15, 0.2) is 12.1 Å². The average molecular weight is 424 g/mol. The van der Waals surface area contributed by atoms with Crippen LogP contribution in [-0.4, -0.2) is 40.3 Å². The summed E-state index contributed by atoms with van der Waals surface area (Å²) in [6.07, 6.45) is 4.53. The lowest BCUT2D eigenvalue weighted by molar-refractivity contribution is -0.135. The quantitative estimate of drug-likeness (QED) is 0.808. The first-order valence-electron chi connectivity index (χ1n) is 10.8. The Hall–Kier alpha value is -2.43. The fourth-order valence-electron chi connectivity index (χ4n) is 4.45. The molecular formula is C23H29N5OS. The molecular weight excluding hydrogens is 394 g/mol. The maximum atomic E-state index is 12.6. The molecule has 0 spiro atoms. The maximum Gasteiger partial charge on any atom is 0.225 e. The molecule has 158 valence electrons.